The van der Waals surface area contributed by atoms with E-state index in [1.54, 1.807) is 6.26 Å². The monoisotopic (exact) mass is 324 g/mol. The quantitative estimate of drug-likeness (QED) is 0.750. The molecule has 4 nitrogen and oxygen atoms in total. The normalized spacial score (nSPS) is 18.7. The summed E-state index contributed by atoms with van der Waals surface area (Å²) in [7, 11) is 0. The molecule has 0 aromatic carbocycles. The summed E-state index contributed by atoms with van der Waals surface area (Å²) in [5.41, 5.74) is 5.97. The van der Waals surface area contributed by atoms with Crippen LogP contribution in [0.4, 0.5) is 0 Å². The minimum Gasteiger partial charge on any atom is -0.469 e. The standard InChI is InChI=1S/C14H24N2O2.2ClH/c15-13(9-12-7-4-8-18-12)14(17)10-16-11-5-2-1-3-6-11;;/h4,7-8,11,13-14,16-17H,1-3,5-6,9-10,15H2;2*1H/t13-,14+;;/m0../s1. The summed E-state index contributed by atoms with van der Waals surface area (Å²) in [6.07, 6.45) is 8.09. The van der Waals surface area contributed by atoms with E-state index in [1.807, 2.05) is 12.1 Å². The summed E-state index contributed by atoms with van der Waals surface area (Å²) in [4.78, 5) is 0. The van der Waals surface area contributed by atoms with Crippen LogP contribution in [0.1, 0.15) is 37.9 Å². The number of aliphatic hydroxyl groups excluding tert-OH is 1. The van der Waals surface area contributed by atoms with E-state index in [9.17, 15) is 5.11 Å². The molecule has 1 aliphatic rings. The minimum atomic E-state index is -0.517. The van der Waals surface area contributed by atoms with Gasteiger partial charge in [0, 0.05) is 25.0 Å². The molecule has 1 aliphatic carbocycles. The molecule has 0 spiro atoms. The van der Waals surface area contributed by atoms with Crippen LogP contribution in [-0.4, -0.2) is 29.8 Å². The molecule has 1 heterocycles. The topological polar surface area (TPSA) is 71.4 Å². The molecule has 0 saturated heterocycles. The Kier molecular flexibility index (Phi) is 10.3. The Morgan fingerprint density at radius 1 is 1.30 bits per heavy atom. The lowest BCUT2D eigenvalue weighted by Crippen LogP contribution is -2.46. The van der Waals surface area contributed by atoms with Crippen LogP contribution in [0.2, 0.25) is 0 Å². The van der Waals surface area contributed by atoms with E-state index in [-0.39, 0.29) is 30.9 Å². The average molecular weight is 325 g/mol. The van der Waals surface area contributed by atoms with Crippen molar-refractivity contribution in [2.24, 2.45) is 5.73 Å². The number of aliphatic hydroxyl groups is 1. The van der Waals surface area contributed by atoms with E-state index in [4.69, 9.17) is 10.2 Å². The number of nitrogens with two attached hydrogens (primary N) is 1. The van der Waals surface area contributed by atoms with Crippen LogP contribution in [0.5, 0.6) is 0 Å². The molecule has 0 aliphatic heterocycles. The summed E-state index contributed by atoms with van der Waals surface area (Å²) in [6.45, 7) is 0.576. The molecule has 20 heavy (non-hydrogen) atoms. The number of furan rings is 1. The SMILES string of the molecule is Cl.Cl.N[C@@H](Cc1ccco1)[C@H](O)CNC1CCCCC1. The van der Waals surface area contributed by atoms with Gasteiger partial charge in [-0.25, -0.2) is 0 Å². The van der Waals surface area contributed by atoms with Gasteiger partial charge in [-0.05, 0) is 25.0 Å². The Labute approximate surface area is 133 Å². The van der Waals surface area contributed by atoms with Gasteiger partial charge < -0.3 is 20.6 Å². The highest BCUT2D eigenvalue weighted by molar-refractivity contribution is 5.85. The second-order valence-electron chi connectivity index (χ2n) is 5.26. The Hall–Kier alpha value is -0.260. The van der Waals surface area contributed by atoms with Crippen molar-refractivity contribution in [2.45, 2.75) is 56.7 Å². The molecule has 1 saturated carbocycles. The van der Waals surface area contributed by atoms with Crippen molar-refractivity contribution in [3.8, 4) is 0 Å². The Morgan fingerprint density at radius 3 is 2.60 bits per heavy atom. The molecule has 118 valence electrons. The molecule has 0 radical (unpaired) electrons. The van der Waals surface area contributed by atoms with E-state index in [0.717, 1.165) is 5.76 Å². The second-order valence-corrected chi connectivity index (χ2v) is 5.26. The van der Waals surface area contributed by atoms with Gasteiger partial charge in [0.05, 0.1) is 12.4 Å². The Balaban J connectivity index is 0.00000180. The first-order valence-corrected chi connectivity index (χ1v) is 6.95. The number of halogens is 2. The molecule has 1 fully saturated rings. The third-order valence-electron chi connectivity index (χ3n) is 3.73. The van der Waals surface area contributed by atoms with Gasteiger partial charge in [0.1, 0.15) is 5.76 Å². The smallest absolute Gasteiger partial charge is 0.105 e. The number of hydrogen-bond acceptors (Lipinski definition) is 4. The van der Waals surface area contributed by atoms with Crippen molar-refractivity contribution in [1.82, 2.24) is 5.32 Å². The summed E-state index contributed by atoms with van der Waals surface area (Å²) in [5, 5.41) is 13.4. The Bertz CT molecular complexity index is 330. The lowest BCUT2D eigenvalue weighted by molar-refractivity contribution is 0.132. The van der Waals surface area contributed by atoms with Crippen molar-refractivity contribution in [1.29, 1.82) is 0 Å². The molecule has 1 aromatic heterocycles. The summed E-state index contributed by atoms with van der Waals surface area (Å²) in [6, 6.07) is 4.02. The molecule has 4 N–H and O–H groups in total. The zero-order chi connectivity index (χ0) is 12.8. The van der Waals surface area contributed by atoms with Crippen LogP contribution < -0.4 is 11.1 Å². The van der Waals surface area contributed by atoms with E-state index >= 15 is 0 Å². The van der Waals surface area contributed by atoms with E-state index < -0.39 is 6.10 Å². The minimum absolute atomic E-state index is 0. The van der Waals surface area contributed by atoms with Gasteiger partial charge in [-0.15, -0.1) is 24.8 Å². The molecule has 2 atom stereocenters. The maximum atomic E-state index is 10.0. The van der Waals surface area contributed by atoms with Crippen molar-refractivity contribution in [3.63, 3.8) is 0 Å². The van der Waals surface area contributed by atoms with Crippen LogP contribution >= 0.6 is 24.8 Å². The first-order chi connectivity index (χ1) is 8.75. The van der Waals surface area contributed by atoms with Crippen LogP contribution in [0.15, 0.2) is 22.8 Å². The average Bonchev–Trinajstić information content (AvgIpc) is 2.90. The number of rotatable bonds is 6. The summed E-state index contributed by atoms with van der Waals surface area (Å²) in [5.74, 6) is 0.833. The molecular formula is C14H26Cl2N2O2. The van der Waals surface area contributed by atoms with Crippen molar-refractivity contribution < 1.29 is 9.52 Å². The molecule has 6 heteroatoms. The number of nitrogens with one attached hydrogen (secondary N) is 1. The fourth-order valence-electron chi connectivity index (χ4n) is 2.54. The van der Waals surface area contributed by atoms with Gasteiger partial charge in [0.25, 0.3) is 0 Å². The molecule has 2 rings (SSSR count). The molecule has 1 aromatic rings. The van der Waals surface area contributed by atoms with Crippen molar-refractivity contribution in [3.05, 3.63) is 24.2 Å². The van der Waals surface area contributed by atoms with Crippen LogP contribution in [-0.2, 0) is 6.42 Å². The van der Waals surface area contributed by atoms with Gasteiger partial charge in [0.15, 0.2) is 0 Å². The zero-order valence-electron chi connectivity index (χ0n) is 11.7. The van der Waals surface area contributed by atoms with E-state index in [1.165, 1.54) is 32.1 Å². The number of hydrogen-bond donors (Lipinski definition) is 3. The molecule has 0 unspecified atom stereocenters. The fourth-order valence-corrected chi connectivity index (χ4v) is 2.54. The van der Waals surface area contributed by atoms with Gasteiger partial charge in [-0.2, -0.15) is 0 Å². The van der Waals surface area contributed by atoms with Crippen LogP contribution in [0.3, 0.4) is 0 Å². The van der Waals surface area contributed by atoms with Gasteiger partial charge in [0.2, 0.25) is 0 Å². The summed E-state index contributed by atoms with van der Waals surface area (Å²) < 4.78 is 5.24. The second kappa shape index (κ2) is 10.5. The predicted octanol–water partition coefficient (Wildman–Crippen LogP) is 2.28. The first kappa shape index (κ1) is 19.7. The van der Waals surface area contributed by atoms with Crippen molar-refractivity contribution in [2.75, 3.05) is 6.54 Å². The fraction of sp³-hybridized carbons (Fsp3) is 0.714. The zero-order valence-corrected chi connectivity index (χ0v) is 13.3. The summed E-state index contributed by atoms with van der Waals surface area (Å²) >= 11 is 0. The molecular weight excluding hydrogens is 299 g/mol. The van der Waals surface area contributed by atoms with E-state index in [0.29, 0.717) is 19.0 Å². The first-order valence-electron chi connectivity index (χ1n) is 6.95. The predicted molar refractivity (Wildman–Crippen MR) is 85.8 cm³/mol. The highest BCUT2D eigenvalue weighted by Gasteiger charge is 2.19. The maximum absolute atomic E-state index is 10.0. The lowest BCUT2D eigenvalue weighted by Gasteiger charge is -2.26. The van der Waals surface area contributed by atoms with Gasteiger partial charge in [-0.1, -0.05) is 19.3 Å². The van der Waals surface area contributed by atoms with Gasteiger partial charge in [-0.3, -0.25) is 0 Å². The van der Waals surface area contributed by atoms with Crippen LogP contribution in [0.25, 0.3) is 0 Å². The Morgan fingerprint density at radius 2 is 2.00 bits per heavy atom. The van der Waals surface area contributed by atoms with Crippen molar-refractivity contribution >= 4 is 24.8 Å². The molecule has 0 bridgehead atoms. The third kappa shape index (κ3) is 6.46. The van der Waals surface area contributed by atoms with Crippen LogP contribution in [0, 0.1) is 0 Å². The highest BCUT2D eigenvalue weighted by Crippen LogP contribution is 2.17. The third-order valence-corrected chi connectivity index (χ3v) is 3.73. The lowest BCUT2D eigenvalue weighted by atomic mass is 9.95. The maximum Gasteiger partial charge on any atom is 0.105 e. The van der Waals surface area contributed by atoms with Gasteiger partial charge >= 0.3 is 0 Å². The largest absolute Gasteiger partial charge is 0.469 e. The highest BCUT2D eigenvalue weighted by atomic mass is 35.5. The molecule has 0 amide bonds. The van der Waals surface area contributed by atoms with E-state index in [2.05, 4.69) is 5.32 Å².